The molecule has 0 atom stereocenters. The molecule has 0 saturated carbocycles. The zero-order chi connectivity index (χ0) is 14.1. The molecule has 0 N–H and O–H groups in total. The fraction of sp³-hybridized carbons (Fsp3) is 0.429. The van der Waals surface area contributed by atoms with Gasteiger partial charge in [0.25, 0.3) is 0 Å². The van der Waals surface area contributed by atoms with E-state index >= 15 is 0 Å². The molecular formula is C14H16Li2O4. The first-order valence-electron chi connectivity index (χ1n) is 5.67. The Labute approximate surface area is 143 Å². The second-order valence-corrected chi connectivity index (χ2v) is 5.39. The van der Waals surface area contributed by atoms with Gasteiger partial charge in [-0.05, 0) is 29.0 Å². The van der Waals surface area contributed by atoms with Gasteiger partial charge >= 0.3 is 37.7 Å². The fourth-order valence-electron chi connectivity index (χ4n) is 1.82. The van der Waals surface area contributed by atoms with Crippen molar-refractivity contribution in [2.45, 2.75) is 39.0 Å². The summed E-state index contributed by atoms with van der Waals surface area (Å²) < 4.78 is 0. The van der Waals surface area contributed by atoms with Crippen molar-refractivity contribution in [3.05, 3.63) is 34.9 Å². The van der Waals surface area contributed by atoms with E-state index in [1.54, 1.807) is 19.1 Å². The number of carboxylic acid groups (broad SMARTS) is 2. The third-order valence-corrected chi connectivity index (χ3v) is 2.92. The van der Waals surface area contributed by atoms with Crippen LogP contribution in [-0.2, 0) is 15.0 Å². The van der Waals surface area contributed by atoms with E-state index in [1.807, 2.05) is 20.8 Å². The molecule has 0 radical (unpaired) electrons. The average molecular weight is 262 g/mol. The van der Waals surface area contributed by atoms with Gasteiger partial charge in [-0.1, -0.05) is 39.0 Å². The molecular weight excluding hydrogens is 246 g/mol. The Morgan fingerprint density at radius 3 is 1.80 bits per heavy atom. The van der Waals surface area contributed by atoms with Gasteiger partial charge in [0.15, 0.2) is 0 Å². The topological polar surface area (TPSA) is 80.3 Å². The maximum Gasteiger partial charge on any atom is 1.00 e. The summed E-state index contributed by atoms with van der Waals surface area (Å²) in [7, 11) is 0. The van der Waals surface area contributed by atoms with Crippen LogP contribution in [0.1, 0.15) is 43.4 Å². The number of hydrogen-bond acceptors (Lipinski definition) is 4. The zero-order valence-corrected chi connectivity index (χ0v) is 12.9. The first-order valence-corrected chi connectivity index (χ1v) is 5.67. The minimum absolute atomic E-state index is 0. The third-order valence-electron chi connectivity index (χ3n) is 2.92. The molecule has 0 amide bonds. The summed E-state index contributed by atoms with van der Waals surface area (Å²) in [6, 6.07) is 5.06. The zero-order valence-electron chi connectivity index (χ0n) is 12.9. The minimum Gasteiger partial charge on any atom is -0.549 e. The molecule has 0 heterocycles. The monoisotopic (exact) mass is 262 g/mol. The van der Waals surface area contributed by atoms with E-state index in [9.17, 15) is 19.8 Å². The van der Waals surface area contributed by atoms with Gasteiger partial charge in [0.2, 0.25) is 0 Å². The normalized spacial score (nSPS) is 10.4. The average Bonchev–Trinajstić information content (AvgIpc) is 2.18. The number of benzene rings is 1. The van der Waals surface area contributed by atoms with Crippen molar-refractivity contribution >= 4 is 11.9 Å². The molecule has 0 aliphatic rings. The molecule has 98 valence electrons. The van der Waals surface area contributed by atoms with E-state index in [-0.39, 0.29) is 48.7 Å². The summed E-state index contributed by atoms with van der Waals surface area (Å²) in [6.45, 7) is 7.76. The van der Waals surface area contributed by atoms with Crippen LogP contribution in [0.2, 0.25) is 0 Å². The molecule has 1 aromatic rings. The van der Waals surface area contributed by atoms with Crippen LogP contribution >= 0.6 is 0 Å². The predicted molar refractivity (Wildman–Crippen MR) is 62.6 cm³/mol. The molecule has 0 aromatic heterocycles. The van der Waals surface area contributed by atoms with Gasteiger partial charge in [0.05, 0.1) is 17.9 Å². The van der Waals surface area contributed by atoms with Crippen LogP contribution in [-0.4, -0.2) is 11.9 Å². The number of aryl methyl sites for hydroxylation is 1. The van der Waals surface area contributed by atoms with E-state index in [0.29, 0.717) is 5.56 Å². The Morgan fingerprint density at radius 1 is 1.05 bits per heavy atom. The molecule has 20 heavy (non-hydrogen) atoms. The molecule has 0 fully saturated rings. The predicted octanol–water partition coefficient (Wildman–Crippen LogP) is -6.12. The molecule has 0 saturated heterocycles. The summed E-state index contributed by atoms with van der Waals surface area (Å²) >= 11 is 0. The third kappa shape index (κ3) is 5.04. The Kier molecular flexibility index (Phi) is 8.62. The molecule has 0 aliphatic carbocycles. The fourth-order valence-corrected chi connectivity index (χ4v) is 1.82. The standard InChI is InChI=1S/C14H18O4.2Li/c1-8-7-9(14(2,3)4)5-6-10(8)11(12(15)16)13(17)18;;/h5-7,11H,1-4H3,(H,15,16)(H,17,18);;/q;2*+1/p-2. The minimum atomic E-state index is -1.72. The van der Waals surface area contributed by atoms with Gasteiger partial charge in [-0.25, -0.2) is 0 Å². The van der Waals surface area contributed by atoms with Crippen LogP contribution in [0.25, 0.3) is 0 Å². The first-order chi connectivity index (χ1) is 8.14. The summed E-state index contributed by atoms with van der Waals surface area (Å²) in [5.74, 6) is -5.03. The Balaban J connectivity index is 0. The van der Waals surface area contributed by atoms with Gasteiger partial charge in [0, 0.05) is 0 Å². The Bertz CT molecular complexity index is 478. The summed E-state index contributed by atoms with van der Waals surface area (Å²) in [5.41, 5.74) is 1.75. The van der Waals surface area contributed by atoms with Crippen LogP contribution < -0.4 is 47.9 Å². The van der Waals surface area contributed by atoms with E-state index in [1.165, 1.54) is 6.07 Å². The smallest absolute Gasteiger partial charge is 0.549 e. The summed E-state index contributed by atoms with van der Waals surface area (Å²) in [6.07, 6.45) is 0. The number of carbonyl (C=O) groups is 2. The van der Waals surface area contributed by atoms with E-state index in [2.05, 4.69) is 0 Å². The SMILES string of the molecule is Cc1cc(C(C)(C)C)ccc1C(C(=O)[O-])C(=O)[O-].[Li+].[Li+]. The number of hydrogen-bond donors (Lipinski definition) is 0. The van der Waals surface area contributed by atoms with Gasteiger partial charge in [-0.2, -0.15) is 0 Å². The number of carbonyl (C=O) groups excluding carboxylic acids is 2. The maximum atomic E-state index is 10.8. The van der Waals surface area contributed by atoms with Crippen LogP contribution in [0, 0.1) is 6.92 Å². The van der Waals surface area contributed by atoms with Crippen molar-refractivity contribution in [1.29, 1.82) is 0 Å². The van der Waals surface area contributed by atoms with Crippen LogP contribution in [0.3, 0.4) is 0 Å². The summed E-state index contributed by atoms with van der Waals surface area (Å²) in [4.78, 5) is 21.7. The molecule has 0 spiro atoms. The van der Waals surface area contributed by atoms with Crippen LogP contribution in [0.15, 0.2) is 18.2 Å². The van der Waals surface area contributed by atoms with Gasteiger partial charge < -0.3 is 19.8 Å². The second-order valence-electron chi connectivity index (χ2n) is 5.39. The first kappa shape index (κ1) is 21.6. The summed E-state index contributed by atoms with van der Waals surface area (Å²) in [5, 5.41) is 21.7. The largest absolute Gasteiger partial charge is 1.00 e. The van der Waals surface area contributed by atoms with E-state index in [0.717, 1.165) is 5.56 Å². The molecule has 0 bridgehead atoms. The maximum absolute atomic E-state index is 10.8. The van der Waals surface area contributed by atoms with Crippen molar-refractivity contribution in [3.8, 4) is 0 Å². The molecule has 0 aliphatic heterocycles. The van der Waals surface area contributed by atoms with E-state index < -0.39 is 17.9 Å². The Hall–Kier alpha value is -0.645. The van der Waals surface area contributed by atoms with Crippen molar-refractivity contribution < 1.29 is 57.5 Å². The van der Waals surface area contributed by atoms with Crippen molar-refractivity contribution in [3.63, 3.8) is 0 Å². The van der Waals surface area contributed by atoms with Crippen molar-refractivity contribution in [2.24, 2.45) is 0 Å². The quantitative estimate of drug-likeness (QED) is 0.401. The molecule has 4 nitrogen and oxygen atoms in total. The van der Waals surface area contributed by atoms with Gasteiger partial charge in [0.1, 0.15) is 0 Å². The van der Waals surface area contributed by atoms with Crippen LogP contribution in [0.4, 0.5) is 0 Å². The molecule has 6 heteroatoms. The Morgan fingerprint density at radius 2 is 1.50 bits per heavy atom. The van der Waals surface area contributed by atoms with Crippen molar-refractivity contribution in [1.82, 2.24) is 0 Å². The van der Waals surface area contributed by atoms with E-state index in [4.69, 9.17) is 0 Å². The van der Waals surface area contributed by atoms with Crippen LogP contribution in [0.5, 0.6) is 0 Å². The molecule has 1 aromatic carbocycles. The number of aliphatic carboxylic acids is 2. The molecule has 1 rings (SSSR count). The number of carboxylic acids is 2. The second kappa shape index (κ2) is 7.96. The van der Waals surface area contributed by atoms with Crippen molar-refractivity contribution in [2.75, 3.05) is 0 Å². The molecule has 0 unspecified atom stereocenters. The van der Waals surface area contributed by atoms with Gasteiger partial charge in [-0.3, -0.25) is 0 Å². The number of rotatable bonds is 3. The van der Waals surface area contributed by atoms with Gasteiger partial charge in [-0.15, -0.1) is 0 Å².